The lowest BCUT2D eigenvalue weighted by molar-refractivity contribution is 0.102. The van der Waals surface area contributed by atoms with E-state index in [4.69, 9.17) is 0 Å². The van der Waals surface area contributed by atoms with E-state index in [9.17, 15) is 9.90 Å². The number of phenols is 1. The van der Waals surface area contributed by atoms with Gasteiger partial charge in [0, 0.05) is 46.7 Å². The number of carbonyl (C=O) groups excluding carboxylic acids is 1. The molecule has 2 aromatic carbocycles. The van der Waals surface area contributed by atoms with Crippen molar-refractivity contribution >= 4 is 33.5 Å². The molecule has 4 aromatic heterocycles. The SMILES string of the molecule is O=C(Nc1cnccc1-c1ccccc1)c1c[nH]c2ncc(-c3ccc(O)c4ncccc34)cc12. The Bertz CT molecular complexity index is 1710. The van der Waals surface area contributed by atoms with Gasteiger partial charge in [-0.15, -0.1) is 0 Å². The van der Waals surface area contributed by atoms with E-state index in [-0.39, 0.29) is 11.7 Å². The minimum atomic E-state index is -0.266. The molecular weight excluding hydrogens is 438 g/mol. The van der Waals surface area contributed by atoms with E-state index >= 15 is 0 Å². The third-order valence-corrected chi connectivity index (χ3v) is 5.99. The van der Waals surface area contributed by atoms with Crippen LogP contribution in [0.2, 0.25) is 0 Å². The Kier molecular flexibility index (Phi) is 4.93. The molecule has 0 atom stereocenters. The minimum Gasteiger partial charge on any atom is -0.506 e. The van der Waals surface area contributed by atoms with Crippen molar-refractivity contribution in [2.75, 3.05) is 5.32 Å². The van der Waals surface area contributed by atoms with Crippen LogP contribution in [-0.4, -0.2) is 30.9 Å². The predicted octanol–water partition coefficient (Wildman–Crippen LogP) is 5.80. The topological polar surface area (TPSA) is 104 Å². The quantitative estimate of drug-likeness (QED) is 0.310. The number of nitrogens with one attached hydrogen (secondary N) is 2. The van der Waals surface area contributed by atoms with Crippen LogP contribution in [-0.2, 0) is 0 Å². The molecule has 0 aliphatic heterocycles. The van der Waals surface area contributed by atoms with Gasteiger partial charge in [0.25, 0.3) is 5.91 Å². The molecule has 35 heavy (non-hydrogen) atoms. The highest BCUT2D eigenvalue weighted by Gasteiger charge is 2.17. The van der Waals surface area contributed by atoms with Crippen LogP contribution < -0.4 is 5.32 Å². The summed E-state index contributed by atoms with van der Waals surface area (Å²) in [5.41, 5.74) is 5.77. The summed E-state index contributed by atoms with van der Waals surface area (Å²) in [5, 5.41) is 14.7. The van der Waals surface area contributed by atoms with Crippen molar-refractivity contribution in [2.45, 2.75) is 0 Å². The number of hydrogen-bond donors (Lipinski definition) is 3. The van der Waals surface area contributed by atoms with Crippen LogP contribution in [0, 0.1) is 0 Å². The summed E-state index contributed by atoms with van der Waals surface area (Å²) in [5.74, 6) is -0.150. The van der Waals surface area contributed by atoms with Crippen molar-refractivity contribution in [1.82, 2.24) is 19.9 Å². The maximum atomic E-state index is 13.3. The van der Waals surface area contributed by atoms with Gasteiger partial charge in [-0.25, -0.2) is 4.98 Å². The fourth-order valence-electron chi connectivity index (χ4n) is 4.30. The minimum absolute atomic E-state index is 0.116. The van der Waals surface area contributed by atoms with E-state index in [2.05, 4.69) is 25.3 Å². The molecule has 0 aliphatic carbocycles. The number of amides is 1. The summed E-state index contributed by atoms with van der Waals surface area (Å²) in [6, 6.07) is 20.8. The zero-order valence-corrected chi connectivity index (χ0v) is 18.4. The average Bonchev–Trinajstić information content (AvgIpc) is 3.33. The van der Waals surface area contributed by atoms with Crippen LogP contribution in [0.3, 0.4) is 0 Å². The molecule has 0 aliphatic rings. The van der Waals surface area contributed by atoms with Gasteiger partial charge in [-0.2, -0.15) is 0 Å². The van der Waals surface area contributed by atoms with E-state index in [0.717, 1.165) is 27.6 Å². The molecule has 0 unspecified atom stereocenters. The molecule has 3 N–H and O–H groups in total. The lowest BCUT2D eigenvalue weighted by Crippen LogP contribution is -2.12. The van der Waals surface area contributed by atoms with Crippen molar-refractivity contribution < 1.29 is 9.90 Å². The number of hydrogen-bond acceptors (Lipinski definition) is 5. The molecule has 168 valence electrons. The van der Waals surface area contributed by atoms with Gasteiger partial charge in [0.2, 0.25) is 0 Å². The molecule has 0 saturated carbocycles. The van der Waals surface area contributed by atoms with Gasteiger partial charge in [-0.3, -0.25) is 14.8 Å². The Labute approximate surface area is 200 Å². The Morgan fingerprint density at radius 1 is 0.829 bits per heavy atom. The molecule has 4 heterocycles. The number of aromatic amines is 1. The Morgan fingerprint density at radius 2 is 1.71 bits per heavy atom. The predicted molar refractivity (Wildman–Crippen MR) is 136 cm³/mol. The largest absolute Gasteiger partial charge is 0.506 e. The van der Waals surface area contributed by atoms with Crippen molar-refractivity contribution in [2.24, 2.45) is 0 Å². The Morgan fingerprint density at radius 3 is 2.60 bits per heavy atom. The zero-order valence-electron chi connectivity index (χ0n) is 18.4. The molecule has 0 spiro atoms. The number of fused-ring (bicyclic) bond motifs is 2. The van der Waals surface area contributed by atoms with E-state index < -0.39 is 0 Å². The molecule has 1 amide bonds. The van der Waals surface area contributed by atoms with E-state index in [1.807, 2.05) is 60.7 Å². The number of H-pyrrole nitrogens is 1. The summed E-state index contributed by atoms with van der Waals surface area (Å²) < 4.78 is 0. The monoisotopic (exact) mass is 457 g/mol. The van der Waals surface area contributed by atoms with Crippen LogP contribution in [0.1, 0.15) is 10.4 Å². The number of aromatic nitrogens is 4. The lowest BCUT2D eigenvalue weighted by Gasteiger charge is -2.11. The fraction of sp³-hybridized carbons (Fsp3) is 0. The van der Waals surface area contributed by atoms with Crippen LogP contribution >= 0.6 is 0 Å². The second-order valence-electron chi connectivity index (χ2n) is 8.10. The van der Waals surface area contributed by atoms with Gasteiger partial charge in [-0.1, -0.05) is 36.4 Å². The van der Waals surface area contributed by atoms with Gasteiger partial charge in [0.1, 0.15) is 16.9 Å². The van der Waals surface area contributed by atoms with Crippen LogP contribution in [0.15, 0.2) is 97.7 Å². The fourth-order valence-corrected chi connectivity index (χ4v) is 4.30. The molecule has 0 bridgehead atoms. The van der Waals surface area contributed by atoms with Gasteiger partial charge in [0.15, 0.2) is 0 Å². The first kappa shape index (κ1) is 20.6. The first-order chi connectivity index (χ1) is 17.2. The van der Waals surface area contributed by atoms with E-state index in [1.54, 1.807) is 37.1 Å². The molecule has 6 aromatic rings. The van der Waals surface area contributed by atoms with Crippen LogP contribution in [0.5, 0.6) is 5.75 Å². The summed E-state index contributed by atoms with van der Waals surface area (Å²) in [6.07, 6.45) is 8.40. The first-order valence-electron chi connectivity index (χ1n) is 11.0. The van der Waals surface area contributed by atoms with Crippen molar-refractivity contribution in [3.63, 3.8) is 0 Å². The number of pyridine rings is 3. The summed E-state index contributed by atoms with van der Waals surface area (Å²) in [6.45, 7) is 0. The molecule has 7 nitrogen and oxygen atoms in total. The number of phenolic OH excluding ortho intramolecular Hbond substituents is 1. The molecular formula is C28H19N5O2. The maximum absolute atomic E-state index is 13.3. The lowest BCUT2D eigenvalue weighted by atomic mass is 10.00. The van der Waals surface area contributed by atoms with E-state index in [1.165, 1.54) is 0 Å². The number of carbonyl (C=O) groups is 1. The summed E-state index contributed by atoms with van der Waals surface area (Å²) >= 11 is 0. The standard InChI is InChI=1S/C28H19N5O2/c34-25-9-8-19(21-7-4-11-30-26(21)25)18-13-22-23(15-32-27(22)31-14-18)28(35)33-24-16-29-12-10-20(24)17-5-2-1-3-6-17/h1-16,34H,(H,31,32)(H,33,35). The highest BCUT2D eigenvalue weighted by molar-refractivity contribution is 6.14. The number of nitrogens with zero attached hydrogens (tertiary/aromatic N) is 3. The van der Waals surface area contributed by atoms with Crippen LogP contribution in [0.4, 0.5) is 5.69 Å². The van der Waals surface area contributed by atoms with Gasteiger partial charge < -0.3 is 15.4 Å². The molecule has 6 rings (SSSR count). The van der Waals surface area contributed by atoms with Gasteiger partial charge in [0.05, 0.1) is 17.4 Å². The Hall–Kier alpha value is -5.04. The summed E-state index contributed by atoms with van der Waals surface area (Å²) in [7, 11) is 0. The highest BCUT2D eigenvalue weighted by atomic mass is 16.3. The first-order valence-corrected chi connectivity index (χ1v) is 11.0. The van der Waals surface area contributed by atoms with Crippen molar-refractivity contribution in [3.8, 4) is 28.0 Å². The van der Waals surface area contributed by atoms with Crippen molar-refractivity contribution in [1.29, 1.82) is 0 Å². The molecule has 7 heteroatoms. The second kappa shape index (κ2) is 8.39. The normalized spacial score (nSPS) is 11.1. The second-order valence-corrected chi connectivity index (χ2v) is 8.10. The highest BCUT2D eigenvalue weighted by Crippen LogP contribution is 2.34. The third-order valence-electron chi connectivity index (χ3n) is 5.99. The van der Waals surface area contributed by atoms with Gasteiger partial charge in [-0.05, 0) is 41.5 Å². The maximum Gasteiger partial charge on any atom is 0.257 e. The van der Waals surface area contributed by atoms with Crippen molar-refractivity contribution in [3.05, 3.63) is 103 Å². The molecule has 0 saturated heterocycles. The molecule has 0 fully saturated rings. The summed E-state index contributed by atoms with van der Waals surface area (Å²) in [4.78, 5) is 29.5. The van der Waals surface area contributed by atoms with Crippen LogP contribution in [0.25, 0.3) is 44.2 Å². The van der Waals surface area contributed by atoms with Gasteiger partial charge >= 0.3 is 0 Å². The number of anilines is 1. The Balaban J connectivity index is 1.40. The number of aromatic hydroxyl groups is 1. The smallest absolute Gasteiger partial charge is 0.257 e. The third kappa shape index (κ3) is 3.65. The van der Waals surface area contributed by atoms with E-state index in [0.29, 0.717) is 27.8 Å². The average molecular weight is 457 g/mol. The zero-order chi connectivity index (χ0) is 23.8. The number of benzene rings is 2. The number of rotatable bonds is 4. The molecule has 0 radical (unpaired) electrons.